The summed E-state index contributed by atoms with van der Waals surface area (Å²) in [5.74, 6) is 2.43. The lowest BCUT2D eigenvalue weighted by atomic mass is 9.44. The third-order valence-corrected chi connectivity index (χ3v) is 8.49. The largest absolute Gasteiger partial charge is 0.462 e. The van der Waals surface area contributed by atoms with Crippen LogP contribution in [0.2, 0.25) is 0 Å². The van der Waals surface area contributed by atoms with Crippen molar-refractivity contribution in [1.29, 1.82) is 0 Å². The van der Waals surface area contributed by atoms with Gasteiger partial charge in [-0.05, 0) is 74.3 Å². The molecule has 0 aliphatic heterocycles. The van der Waals surface area contributed by atoms with Gasteiger partial charge in [-0.3, -0.25) is 9.59 Å². The Morgan fingerprint density at radius 1 is 1.30 bits per heavy atom. The maximum absolute atomic E-state index is 12.1. The van der Waals surface area contributed by atoms with Gasteiger partial charge in [0, 0.05) is 24.2 Å². The van der Waals surface area contributed by atoms with Crippen molar-refractivity contribution < 1.29 is 14.3 Å². The first-order valence-electron chi connectivity index (χ1n) is 10.6. The number of carbonyl (C=O) groups excluding carboxylic acids is 2. The molecule has 0 aromatic rings. The molecule has 0 spiro atoms. The summed E-state index contributed by atoms with van der Waals surface area (Å²) in [5, 5.41) is 0. The Hall–Kier alpha value is -1.60. The molecule has 4 aliphatic rings. The van der Waals surface area contributed by atoms with Crippen LogP contribution in [0.5, 0.6) is 0 Å². The van der Waals surface area contributed by atoms with E-state index in [1.54, 1.807) is 0 Å². The van der Waals surface area contributed by atoms with Crippen molar-refractivity contribution in [3.05, 3.63) is 30.0 Å². The Balaban J connectivity index is 1.73. The summed E-state index contributed by atoms with van der Waals surface area (Å²) in [7, 11) is 0. The molecular weight excluding hydrogens is 336 g/mol. The van der Waals surface area contributed by atoms with E-state index in [1.165, 1.54) is 12.5 Å². The monoisotopic (exact) mass is 368 g/mol. The van der Waals surface area contributed by atoms with Crippen molar-refractivity contribution in [2.45, 2.75) is 71.8 Å². The topological polar surface area (TPSA) is 43.4 Å². The molecule has 0 aromatic heterocycles. The summed E-state index contributed by atoms with van der Waals surface area (Å²) in [6.45, 7) is 10.1. The van der Waals surface area contributed by atoms with Crippen LogP contribution >= 0.6 is 0 Å². The van der Waals surface area contributed by atoms with Gasteiger partial charge in [0.15, 0.2) is 5.78 Å². The van der Waals surface area contributed by atoms with Crippen LogP contribution in [-0.4, -0.2) is 17.9 Å². The molecule has 27 heavy (non-hydrogen) atoms. The standard InChI is InChI=1S/C24H32O3/c1-5-10-24-12-8-18(26)14-17(24)13-15(2)22-19-6-7-21(27-16(3)25)23(19,4)11-9-20(22)24/h10,14-15,19-22H,1,6-9,11-13H2,2-4H3/t15-,19+,20+,21+,22+,23+,24+/m1/s1. The number of carbonyl (C=O) groups is 2. The molecule has 3 saturated carbocycles. The molecular formula is C24H32O3. The van der Waals surface area contributed by atoms with Gasteiger partial charge in [0.05, 0.1) is 0 Å². The molecule has 3 heteroatoms. The highest BCUT2D eigenvalue weighted by Crippen LogP contribution is 2.67. The fourth-order valence-electron chi connectivity index (χ4n) is 7.44. The van der Waals surface area contributed by atoms with Crippen molar-refractivity contribution in [2.75, 3.05) is 0 Å². The molecule has 0 N–H and O–H groups in total. The van der Waals surface area contributed by atoms with Crippen LogP contribution in [0.15, 0.2) is 30.0 Å². The van der Waals surface area contributed by atoms with Gasteiger partial charge in [-0.15, -0.1) is 5.73 Å². The Bertz CT molecular complexity index is 743. The van der Waals surface area contributed by atoms with Gasteiger partial charge in [0.25, 0.3) is 0 Å². The normalized spacial score (nSPS) is 45.7. The quantitative estimate of drug-likeness (QED) is 0.508. The summed E-state index contributed by atoms with van der Waals surface area (Å²) in [5.41, 5.74) is 4.47. The summed E-state index contributed by atoms with van der Waals surface area (Å²) in [4.78, 5) is 23.8. The van der Waals surface area contributed by atoms with Crippen molar-refractivity contribution >= 4 is 11.8 Å². The molecule has 146 valence electrons. The molecule has 3 fully saturated rings. The van der Waals surface area contributed by atoms with Crippen LogP contribution < -0.4 is 0 Å². The molecule has 0 amide bonds. The number of ether oxygens (including phenoxy) is 1. The second-order valence-electron chi connectivity index (χ2n) is 9.72. The van der Waals surface area contributed by atoms with Crippen molar-refractivity contribution in [1.82, 2.24) is 0 Å². The fraction of sp³-hybridized carbons (Fsp3) is 0.708. The second kappa shape index (κ2) is 6.48. The number of ketones is 1. The average Bonchev–Trinajstić information content (AvgIpc) is 2.92. The van der Waals surface area contributed by atoms with Crippen molar-refractivity contribution in [2.24, 2.45) is 34.5 Å². The van der Waals surface area contributed by atoms with Gasteiger partial charge < -0.3 is 4.74 Å². The fourth-order valence-corrected chi connectivity index (χ4v) is 7.44. The Morgan fingerprint density at radius 3 is 2.78 bits per heavy atom. The highest BCUT2D eigenvalue weighted by Gasteiger charge is 2.62. The van der Waals surface area contributed by atoms with Crippen LogP contribution in [0.4, 0.5) is 0 Å². The lowest BCUT2D eigenvalue weighted by Crippen LogP contribution is -2.54. The molecule has 0 radical (unpaired) electrons. The number of hydrogen-bond donors (Lipinski definition) is 0. The van der Waals surface area contributed by atoms with E-state index in [1.807, 2.05) is 6.08 Å². The Morgan fingerprint density at radius 2 is 2.07 bits per heavy atom. The number of allylic oxidation sites excluding steroid dienone is 2. The lowest BCUT2D eigenvalue weighted by Gasteiger charge is -2.59. The van der Waals surface area contributed by atoms with E-state index >= 15 is 0 Å². The molecule has 3 nitrogen and oxygen atoms in total. The summed E-state index contributed by atoms with van der Waals surface area (Å²) in [6, 6.07) is 0. The molecule has 0 heterocycles. The maximum atomic E-state index is 12.1. The highest BCUT2D eigenvalue weighted by molar-refractivity contribution is 5.92. The Kier molecular flexibility index (Phi) is 4.50. The van der Waals surface area contributed by atoms with Crippen LogP contribution in [0, 0.1) is 34.5 Å². The first-order chi connectivity index (χ1) is 12.8. The smallest absolute Gasteiger partial charge is 0.302 e. The van der Waals surface area contributed by atoms with E-state index in [-0.39, 0.29) is 28.7 Å². The first-order valence-corrected chi connectivity index (χ1v) is 10.6. The summed E-state index contributed by atoms with van der Waals surface area (Å²) >= 11 is 0. The third-order valence-electron chi connectivity index (χ3n) is 8.49. The van der Waals surface area contributed by atoms with Crippen LogP contribution in [0.3, 0.4) is 0 Å². The van der Waals surface area contributed by atoms with Gasteiger partial charge in [-0.2, -0.15) is 0 Å². The van der Waals surface area contributed by atoms with Gasteiger partial charge in [-0.1, -0.05) is 26.0 Å². The van der Waals surface area contributed by atoms with Crippen LogP contribution in [-0.2, 0) is 14.3 Å². The van der Waals surface area contributed by atoms with E-state index in [4.69, 9.17) is 4.74 Å². The molecule has 0 saturated heterocycles. The second-order valence-corrected chi connectivity index (χ2v) is 9.72. The molecule has 0 aromatic carbocycles. The molecule has 7 atom stereocenters. The van der Waals surface area contributed by atoms with Gasteiger partial charge in [-0.25, -0.2) is 0 Å². The number of esters is 1. The van der Waals surface area contributed by atoms with Crippen molar-refractivity contribution in [3.63, 3.8) is 0 Å². The summed E-state index contributed by atoms with van der Waals surface area (Å²) < 4.78 is 5.77. The zero-order valence-corrected chi connectivity index (χ0v) is 16.9. The Labute approximate surface area is 162 Å². The van der Waals surface area contributed by atoms with E-state index in [0.29, 0.717) is 30.1 Å². The van der Waals surface area contributed by atoms with E-state index in [2.05, 4.69) is 32.2 Å². The molecule has 0 bridgehead atoms. The number of fused-ring (bicyclic) bond motifs is 5. The third kappa shape index (κ3) is 2.70. The minimum absolute atomic E-state index is 0.0340. The van der Waals surface area contributed by atoms with Gasteiger partial charge >= 0.3 is 5.97 Å². The maximum Gasteiger partial charge on any atom is 0.302 e. The molecule has 0 unspecified atom stereocenters. The van der Waals surface area contributed by atoms with Gasteiger partial charge in [0.1, 0.15) is 6.10 Å². The van der Waals surface area contributed by atoms with E-state index in [9.17, 15) is 9.59 Å². The van der Waals surface area contributed by atoms with Crippen LogP contribution in [0.25, 0.3) is 0 Å². The lowest BCUT2D eigenvalue weighted by molar-refractivity contribution is -0.158. The van der Waals surface area contributed by atoms with Crippen LogP contribution in [0.1, 0.15) is 65.7 Å². The summed E-state index contributed by atoms with van der Waals surface area (Å²) in [6.07, 6.45) is 11.1. The van der Waals surface area contributed by atoms with Crippen molar-refractivity contribution in [3.8, 4) is 0 Å². The minimum Gasteiger partial charge on any atom is -0.462 e. The predicted octanol–water partition coefficient (Wildman–Crippen LogP) is 5.02. The highest BCUT2D eigenvalue weighted by atomic mass is 16.5. The van der Waals surface area contributed by atoms with Gasteiger partial charge in [0.2, 0.25) is 0 Å². The zero-order valence-electron chi connectivity index (χ0n) is 16.9. The molecule has 4 aliphatic carbocycles. The van der Waals surface area contributed by atoms with E-state index in [0.717, 1.165) is 38.5 Å². The SMILES string of the molecule is C=C=C[C@]12CCC(=O)C=C1C[C@@H](C)[C@H]1[C@@H]3CC[C@H](OC(C)=O)[C@@]3(C)CC[C@@H]12. The predicted molar refractivity (Wildman–Crippen MR) is 105 cm³/mol. The van der Waals surface area contributed by atoms with E-state index < -0.39 is 0 Å². The molecule has 4 rings (SSSR count). The number of hydrogen-bond acceptors (Lipinski definition) is 3. The first kappa shape index (κ1) is 18.7. The number of rotatable bonds is 2. The minimum atomic E-state index is -0.150. The zero-order chi connectivity index (χ0) is 19.4. The average molecular weight is 369 g/mol.